The monoisotopic (exact) mass is 550 g/mol. The summed E-state index contributed by atoms with van der Waals surface area (Å²) in [7, 11) is 0. The molecule has 9 heteroatoms. The van der Waals surface area contributed by atoms with Gasteiger partial charge in [0, 0.05) is 58.9 Å². The Morgan fingerprint density at radius 3 is 2.48 bits per heavy atom. The lowest BCUT2D eigenvalue weighted by Crippen LogP contribution is -2.49. The van der Waals surface area contributed by atoms with Crippen molar-refractivity contribution in [3.63, 3.8) is 0 Å². The Bertz CT molecular complexity index is 1200. The molecule has 40 heavy (non-hydrogen) atoms. The third kappa shape index (κ3) is 7.13. The van der Waals surface area contributed by atoms with Crippen molar-refractivity contribution in [3.05, 3.63) is 64.7 Å². The fraction of sp³-hybridized carbons (Fsp3) is 0.548. The van der Waals surface area contributed by atoms with Crippen molar-refractivity contribution in [2.45, 2.75) is 52.0 Å². The number of ether oxygens (including phenoxy) is 2. The van der Waals surface area contributed by atoms with Gasteiger partial charge in [-0.2, -0.15) is 0 Å². The van der Waals surface area contributed by atoms with Crippen molar-refractivity contribution in [1.82, 2.24) is 19.6 Å². The molecular formula is C31H42N4O5. The van der Waals surface area contributed by atoms with Crippen LogP contribution in [0.4, 0.5) is 4.79 Å². The topological polar surface area (TPSA) is 85.8 Å². The first kappa shape index (κ1) is 28.4. The van der Waals surface area contributed by atoms with E-state index in [1.165, 1.54) is 11.1 Å². The van der Waals surface area contributed by atoms with Crippen LogP contribution in [0.5, 0.6) is 5.75 Å². The number of aliphatic hydroxyl groups is 1. The van der Waals surface area contributed by atoms with Crippen molar-refractivity contribution < 1.29 is 24.2 Å². The summed E-state index contributed by atoms with van der Waals surface area (Å²) in [6.45, 7) is 12.5. The van der Waals surface area contributed by atoms with E-state index < -0.39 is 11.7 Å². The summed E-state index contributed by atoms with van der Waals surface area (Å²) in [6.07, 6.45) is 0.0866. The van der Waals surface area contributed by atoms with Gasteiger partial charge in [0.1, 0.15) is 18.0 Å². The van der Waals surface area contributed by atoms with E-state index >= 15 is 0 Å². The second kappa shape index (κ2) is 12.2. The summed E-state index contributed by atoms with van der Waals surface area (Å²) < 4.78 is 11.5. The van der Waals surface area contributed by atoms with Crippen molar-refractivity contribution in [2.75, 3.05) is 59.0 Å². The number of aliphatic hydroxyl groups excluding tert-OH is 1. The molecule has 0 saturated carbocycles. The molecule has 0 bridgehead atoms. The van der Waals surface area contributed by atoms with E-state index in [-0.39, 0.29) is 18.5 Å². The summed E-state index contributed by atoms with van der Waals surface area (Å²) in [6, 6.07) is 14.2. The van der Waals surface area contributed by atoms with Gasteiger partial charge in [0.05, 0.1) is 18.2 Å². The Hall–Kier alpha value is -3.14. The van der Waals surface area contributed by atoms with Crippen LogP contribution in [-0.2, 0) is 24.2 Å². The fourth-order valence-electron chi connectivity index (χ4n) is 5.67. The number of amides is 2. The van der Waals surface area contributed by atoms with E-state index in [4.69, 9.17) is 9.47 Å². The summed E-state index contributed by atoms with van der Waals surface area (Å²) in [5, 5.41) is 10.9. The first-order chi connectivity index (χ1) is 19.1. The maximum atomic E-state index is 13.4. The average molecular weight is 551 g/mol. The van der Waals surface area contributed by atoms with Crippen LogP contribution in [-0.4, -0.2) is 107 Å². The van der Waals surface area contributed by atoms with Gasteiger partial charge < -0.3 is 24.4 Å². The Kier molecular flexibility index (Phi) is 8.63. The number of β-amino-alcohol motifs (C(OH)–C–C–N with tert-alkyl or cyclic N) is 1. The highest BCUT2D eigenvalue weighted by Gasteiger charge is 2.29. The average Bonchev–Trinajstić information content (AvgIpc) is 3.06. The highest BCUT2D eigenvalue weighted by Crippen LogP contribution is 2.26. The zero-order valence-electron chi connectivity index (χ0n) is 24.0. The zero-order chi connectivity index (χ0) is 28.3. The third-order valence-corrected chi connectivity index (χ3v) is 7.72. The molecule has 1 N–H and O–H groups in total. The second-order valence-corrected chi connectivity index (χ2v) is 12.1. The molecule has 3 heterocycles. The van der Waals surface area contributed by atoms with Crippen LogP contribution in [0.25, 0.3) is 0 Å². The minimum Gasteiger partial charge on any atom is -0.491 e. The van der Waals surface area contributed by atoms with Crippen LogP contribution < -0.4 is 4.74 Å². The Balaban J connectivity index is 1.13. The Labute approximate surface area is 237 Å². The maximum absolute atomic E-state index is 13.4. The normalized spacial score (nSPS) is 19.4. The molecule has 1 atom stereocenters. The van der Waals surface area contributed by atoms with Gasteiger partial charge >= 0.3 is 6.09 Å². The second-order valence-electron chi connectivity index (χ2n) is 12.1. The molecule has 1 unspecified atom stereocenters. The summed E-state index contributed by atoms with van der Waals surface area (Å²) >= 11 is 0. The predicted octanol–water partition coefficient (Wildman–Crippen LogP) is 2.99. The lowest BCUT2D eigenvalue weighted by molar-refractivity contribution is 0.0139. The van der Waals surface area contributed by atoms with E-state index in [9.17, 15) is 14.7 Å². The van der Waals surface area contributed by atoms with Gasteiger partial charge in [0.25, 0.3) is 5.91 Å². The SMILES string of the molecule is CC(C)(C)OC(=O)N1CCN(Cc2ccc3c(c2)OCCN(CC(O)CN2CCc4ccccc4C2)C3=O)CC1. The Morgan fingerprint density at radius 2 is 1.73 bits per heavy atom. The molecule has 1 saturated heterocycles. The molecule has 0 aliphatic carbocycles. The van der Waals surface area contributed by atoms with Crippen LogP contribution in [0.2, 0.25) is 0 Å². The quantitative estimate of drug-likeness (QED) is 0.592. The fourth-order valence-corrected chi connectivity index (χ4v) is 5.67. The van der Waals surface area contributed by atoms with Gasteiger partial charge in [0.2, 0.25) is 0 Å². The highest BCUT2D eigenvalue weighted by molar-refractivity contribution is 5.97. The smallest absolute Gasteiger partial charge is 0.410 e. The minimum atomic E-state index is -0.630. The van der Waals surface area contributed by atoms with E-state index in [0.29, 0.717) is 50.6 Å². The first-order valence-corrected chi connectivity index (χ1v) is 14.4. The lowest BCUT2D eigenvalue weighted by Gasteiger charge is -2.35. The van der Waals surface area contributed by atoms with Crippen molar-refractivity contribution in [1.29, 1.82) is 0 Å². The molecule has 2 aromatic carbocycles. The molecule has 0 radical (unpaired) electrons. The molecule has 0 aromatic heterocycles. The van der Waals surface area contributed by atoms with Gasteiger partial charge in [0.15, 0.2) is 0 Å². The van der Waals surface area contributed by atoms with Crippen LogP contribution in [0.3, 0.4) is 0 Å². The largest absolute Gasteiger partial charge is 0.491 e. The van der Waals surface area contributed by atoms with E-state index in [1.807, 2.05) is 39.0 Å². The molecule has 0 spiro atoms. The maximum Gasteiger partial charge on any atom is 0.410 e. The number of nitrogens with zero attached hydrogens (tertiary/aromatic N) is 4. The molecule has 2 aromatic rings. The van der Waals surface area contributed by atoms with Crippen LogP contribution >= 0.6 is 0 Å². The Morgan fingerprint density at radius 1 is 0.975 bits per heavy atom. The van der Waals surface area contributed by atoms with Crippen molar-refractivity contribution in [3.8, 4) is 5.75 Å². The number of piperazine rings is 1. The van der Waals surface area contributed by atoms with E-state index in [1.54, 1.807) is 9.80 Å². The molecule has 1 fully saturated rings. The van der Waals surface area contributed by atoms with Crippen molar-refractivity contribution >= 4 is 12.0 Å². The molecule has 216 valence electrons. The number of carbonyl (C=O) groups is 2. The number of rotatable bonds is 6. The van der Waals surface area contributed by atoms with Gasteiger partial charge in [-0.25, -0.2) is 4.79 Å². The van der Waals surface area contributed by atoms with E-state index in [0.717, 1.165) is 38.2 Å². The standard InChI is InChI=1S/C31H42N4O5/c1-31(2,3)40-30(38)34-14-12-32(13-15-34)19-23-8-9-27-28(18-23)39-17-16-35(29(27)37)22-26(36)21-33-11-10-24-6-4-5-7-25(24)20-33/h4-9,18,26,36H,10-17,19-22H2,1-3H3. The number of fused-ring (bicyclic) bond motifs is 2. The molecule has 2 amide bonds. The van der Waals surface area contributed by atoms with Gasteiger partial charge in [-0.15, -0.1) is 0 Å². The number of hydrogen-bond donors (Lipinski definition) is 1. The van der Waals surface area contributed by atoms with Crippen molar-refractivity contribution in [2.24, 2.45) is 0 Å². The highest BCUT2D eigenvalue weighted by atomic mass is 16.6. The zero-order valence-corrected chi connectivity index (χ0v) is 24.0. The van der Waals surface area contributed by atoms with Crippen LogP contribution in [0, 0.1) is 0 Å². The van der Waals surface area contributed by atoms with Crippen LogP contribution in [0.1, 0.15) is 47.8 Å². The number of carbonyl (C=O) groups excluding carboxylic acids is 2. The van der Waals surface area contributed by atoms with E-state index in [2.05, 4.69) is 34.1 Å². The summed E-state index contributed by atoms with van der Waals surface area (Å²) in [5.74, 6) is 0.493. The first-order valence-electron chi connectivity index (χ1n) is 14.4. The number of hydrogen-bond acceptors (Lipinski definition) is 7. The minimum absolute atomic E-state index is 0.104. The molecule has 5 rings (SSSR count). The predicted molar refractivity (Wildman–Crippen MR) is 152 cm³/mol. The molecule has 9 nitrogen and oxygen atoms in total. The summed E-state index contributed by atoms with van der Waals surface area (Å²) in [5.41, 5.74) is 3.80. The van der Waals surface area contributed by atoms with Gasteiger partial charge in [-0.3, -0.25) is 14.6 Å². The molecule has 3 aliphatic heterocycles. The van der Waals surface area contributed by atoms with Gasteiger partial charge in [-0.1, -0.05) is 30.3 Å². The number of benzene rings is 2. The molecular weight excluding hydrogens is 508 g/mol. The van der Waals surface area contributed by atoms with Crippen LogP contribution in [0.15, 0.2) is 42.5 Å². The molecule has 3 aliphatic rings. The van der Waals surface area contributed by atoms with Gasteiger partial charge in [-0.05, 0) is 56.0 Å². The summed E-state index contributed by atoms with van der Waals surface area (Å²) in [4.78, 5) is 33.8. The third-order valence-electron chi connectivity index (χ3n) is 7.72. The lowest BCUT2D eigenvalue weighted by atomic mass is 10.00.